The molecule has 0 saturated heterocycles. The predicted molar refractivity (Wildman–Crippen MR) is 51.1 cm³/mol. The number of pyridine rings is 1. The molecule has 1 unspecified atom stereocenters. The zero-order valence-corrected chi connectivity index (χ0v) is 8.36. The maximum absolute atomic E-state index is 10.4. The number of nitrogens with two attached hydrogens (primary N) is 1. The van der Waals surface area contributed by atoms with Gasteiger partial charge in [0.25, 0.3) is 0 Å². The van der Waals surface area contributed by atoms with E-state index in [0.29, 0.717) is 5.56 Å². The van der Waals surface area contributed by atoms with Crippen molar-refractivity contribution in [3.05, 3.63) is 28.5 Å². The molecule has 3 N–H and O–H groups in total. The zero-order valence-electron chi connectivity index (χ0n) is 6.77. The van der Waals surface area contributed by atoms with Gasteiger partial charge in [0.05, 0.1) is 6.42 Å². The van der Waals surface area contributed by atoms with Crippen LogP contribution in [-0.2, 0) is 4.79 Å². The Labute approximate surface area is 83.9 Å². The Morgan fingerprint density at radius 3 is 3.00 bits per heavy atom. The Kier molecular flexibility index (Phi) is 3.39. The molecular formula is C8H9BrN2O2. The highest BCUT2D eigenvalue weighted by atomic mass is 79.9. The van der Waals surface area contributed by atoms with Gasteiger partial charge in [-0.05, 0) is 6.07 Å². The second-order valence-electron chi connectivity index (χ2n) is 2.60. The van der Waals surface area contributed by atoms with Gasteiger partial charge in [0.1, 0.15) is 0 Å². The van der Waals surface area contributed by atoms with E-state index in [-0.39, 0.29) is 6.42 Å². The van der Waals surface area contributed by atoms with Crippen LogP contribution in [0.2, 0.25) is 0 Å². The Bertz CT molecular complexity index is 317. The molecule has 0 bridgehead atoms. The number of hydrogen-bond acceptors (Lipinski definition) is 3. The van der Waals surface area contributed by atoms with Crippen LogP contribution in [0.4, 0.5) is 0 Å². The Morgan fingerprint density at radius 1 is 1.77 bits per heavy atom. The molecule has 0 aliphatic rings. The van der Waals surface area contributed by atoms with Crippen molar-refractivity contribution >= 4 is 21.9 Å². The molecule has 4 nitrogen and oxygen atoms in total. The summed E-state index contributed by atoms with van der Waals surface area (Å²) in [7, 11) is 0. The van der Waals surface area contributed by atoms with Crippen LogP contribution in [0.3, 0.4) is 0 Å². The van der Waals surface area contributed by atoms with E-state index in [4.69, 9.17) is 10.8 Å². The van der Waals surface area contributed by atoms with Gasteiger partial charge in [-0.1, -0.05) is 15.9 Å². The average molecular weight is 245 g/mol. The molecule has 1 atom stereocenters. The van der Waals surface area contributed by atoms with Crippen LogP contribution in [0.1, 0.15) is 18.0 Å². The molecule has 0 aliphatic heterocycles. The molecule has 0 saturated carbocycles. The third-order valence-corrected chi connectivity index (χ3v) is 2.31. The monoisotopic (exact) mass is 244 g/mol. The third kappa shape index (κ3) is 2.78. The fourth-order valence-corrected chi connectivity index (χ4v) is 1.48. The highest BCUT2D eigenvalue weighted by Crippen LogP contribution is 2.22. The fourth-order valence-electron chi connectivity index (χ4n) is 0.961. The minimum absolute atomic E-state index is 0.0930. The number of carboxylic acids is 1. The minimum atomic E-state index is -0.914. The van der Waals surface area contributed by atoms with Crippen LogP contribution in [0, 0.1) is 0 Å². The molecule has 5 heteroatoms. The summed E-state index contributed by atoms with van der Waals surface area (Å²) in [6.07, 6.45) is 3.09. The standard InChI is InChI=1S/C8H9BrN2O2/c9-6-1-2-11-4-5(6)7(10)3-8(12)13/h1-2,4,7H,3,10H2,(H,12,13). The lowest BCUT2D eigenvalue weighted by Crippen LogP contribution is -2.15. The summed E-state index contributed by atoms with van der Waals surface area (Å²) in [6, 6.07) is 1.22. The van der Waals surface area contributed by atoms with Crippen molar-refractivity contribution in [2.45, 2.75) is 12.5 Å². The second-order valence-corrected chi connectivity index (χ2v) is 3.46. The zero-order chi connectivity index (χ0) is 9.84. The first-order valence-electron chi connectivity index (χ1n) is 3.68. The molecule has 1 aromatic rings. The van der Waals surface area contributed by atoms with Crippen LogP contribution in [-0.4, -0.2) is 16.1 Å². The quantitative estimate of drug-likeness (QED) is 0.841. The molecule has 1 rings (SSSR count). The van der Waals surface area contributed by atoms with Gasteiger partial charge in [-0.25, -0.2) is 0 Å². The topological polar surface area (TPSA) is 76.2 Å². The molecule has 13 heavy (non-hydrogen) atoms. The molecule has 0 aliphatic carbocycles. The summed E-state index contributed by atoms with van der Waals surface area (Å²) in [5, 5.41) is 8.52. The normalized spacial score (nSPS) is 12.5. The van der Waals surface area contributed by atoms with E-state index in [1.165, 1.54) is 0 Å². The summed E-state index contributed by atoms with van der Waals surface area (Å²) in [4.78, 5) is 14.2. The number of hydrogen-bond donors (Lipinski definition) is 2. The average Bonchev–Trinajstić information content (AvgIpc) is 2.03. The first kappa shape index (κ1) is 10.1. The van der Waals surface area contributed by atoms with Crippen LogP contribution >= 0.6 is 15.9 Å². The van der Waals surface area contributed by atoms with Crippen LogP contribution in [0.5, 0.6) is 0 Å². The van der Waals surface area contributed by atoms with Gasteiger partial charge < -0.3 is 10.8 Å². The van der Waals surface area contributed by atoms with Gasteiger partial charge in [-0.3, -0.25) is 9.78 Å². The van der Waals surface area contributed by atoms with Gasteiger partial charge in [0.2, 0.25) is 0 Å². The third-order valence-electron chi connectivity index (χ3n) is 1.59. The van der Waals surface area contributed by atoms with E-state index < -0.39 is 12.0 Å². The summed E-state index contributed by atoms with van der Waals surface area (Å²) in [6.45, 7) is 0. The SMILES string of the molecule is NC(CC(=O)O)c1cnccc1Br. The highest BCUT2D eigenvalue weighted by Gasteiger charge is 2.13. The Balaban J connectivity index is 2.82. The summed E-state index contributed by atoms with van der Waals surface area (Å²) < 4.78 is 0.788. The van der Waals surface area contributed by atoms with Gasteiger partial charge in [0.15, 0.2) is 0 Å². The van der Waals surface area contributed by atoms with Crippen molar-refractivity contribution in [3.63, 3.8) is 0 Å². The van der Waals surface area contributed by atoms with Crippen molar-refractivity contribution < 1.29 is 9.90 Å². The molecule has 70 valence electrons. The molecule has 0 amide bonds. The number of carbonyl (C=O) groups is 1. The first-order chi connectivity index (χ1) is 6.11. The molecule has 0 radical (unpaired) electrons. The minimum Gasteiger partial charge on any atom is -0.481 e. The highest BCUT2D eigenvalue weighted by molar-refractivity contribution is 9.10. The van der Waals surface area contributed by atoms with Gasteiger partial charge in [0, 0.05) is 28.5 Å². The van der Waals surface area contributed by atoms with Gasteiger partial charge in [-0.15, -0.1) is 0 Å². The fraction of sp³-hybridized carbons (Fsp3) is 0.250. The van der Waals surface area contributed by atoms with Crippen LogP contribution in [0.15, 0.2) is 22.9 Å². The van der Waals surface area contributed by atoms with Gasteiger partial charge in [-0.2, -0.15) is 0 Å². The molecule has 1 heterocycles. The maximum Gasteiger partial charge on any atom is 0.305 e. The van der Waals surface area contributed by atoms with Crippen molar-refractivity contribution in [1.82, 2.24) is 4.98 Å². The number of aliphatic carboxylic acids is 1. The summed E-state index contributed by atoms with van der Waals surface area (Å²) in [5.41, 5.74) is 6.36. The van der Waals surface area contributed by atoms with E-state index in [1.54, 1.807) is 18.5 Å². The van der Waals surface area contributed by atoms with E-state index in [0.717, 1.165) is 4.47 Å². The molecule has 0 fully saturated rings. The Morgan fingerprint density at radius 2 is 2.46 bits per heavy atom. The predicted octanol–water partition coefficient (Wildman–Crippen LogP) is 1.32. The summed E-state index contributed by atoms with van der Waals surface area (Å²) in [5.74, 6) is -0.914. The van der Waals surface area contributed by atoms with E-state index >= 15 is 0 Å². The Hall–Kier alpha value is -0.940. The largest absolute Gasteiger partial charge is 0.481 e. The van der Waals surface area contributed by atoms with Crippen molar-refractivity contribution in [2.24, 2.45) is 5.73 Å². The second kappa shape index (κ2) is 4.34. The van der Waals surface area contributed by atoms with Crippen LogP contribution in [0.25, 0.3) is 0 Å². The van der Waals surface area contributed by atoms with Crippen molar-refractivity contribution in [3.8, 4) is 0 Å². The number of carboxylic acid groups (broad SMARTS) is 1. The van der Waals surface area contributed by atoms with Crippen LogP contribution < -0.4 is 5.73 Å². The lowest BCUT2D eigenvalue weighted by Gasteiger charge is -2.09. The molecule has 0 spiro atoms. The van der Waals surface area contributed by atoms with E-state index in [1.807, 2.05) is 0 Å². The number of halogens is 1. The number of nitrogens with zero attached hydrogens (tertiary/aromatic N) is 1. The van der Waals surface area contributed by atoms with E-state index in [2.05, 4.69) is 20.9 Å². The first-order valence-corrected chi connectivity index (χ1v) is 4.47. The number of rotatable bonds is 3. The lowest BCUT2D eigenvalue weighted by atomic mass is 10.1. The lowest BCUT2D eigenvalue weighted by molar-refractivity contribution is -0.137. The molecular weight excluding hydrogens is 236 g/mol. The van der Waals surface area contributed by atoms with Gasteiger partial charge >= 0.3 is 5.97 Å². The molecule has 0 aromatic carbocycles. The molecule has 1 aromatic heterocycles. The smallest absolute Gasteiger partial charge is 0.305 e. The van der Waals surface area contributed by atoms with Crippen molar-refractivity contribution in [2.75, 3.05) is 0 Å². The van der Waals surface area contributed by atoms with Crippen molar-refractivity contribution in [1.29, 1.82) is 0 Å². The number of aromatic nitrogens is 1. The summed E-state index contributed by atoms with van der Waals surface area (Å²) >= 11 is 3.27. The maximum atomic E-state index is 10.4. The van der Waals surface area contributed by atoms with E-state index in [9.17, 15) is 4.79 Å².